The third-order valence-electron chi connectivity index (χ3n) is 3.72. The van der Waals surface area contributed by atoms with Gasteiger partial charge in [0.2, 0.25) is 0 Å². The molecule has 1 heterocycles. The van der Waals surface area contributed by atoms with E-state index in [0.717, 1.165) is 18.0 Å². The van der Waals surface area contributed by atoms with Crippen LogP contribution in [-0.4, -0.2) is 18.7 Å². The van der Waals surface area contributed by atoms with Gasteiger partial charge in [0.1, 0.15) is 5.75 Å². The predicted molar refractivity (Wildman–Crippen MR) is 81.9 cm³/mol. The molecule has 3 heteroatoms. The van der Waals surface area contributed by atoms with Crippen molar-refractivity contribution in [1.29, 1.82) is 0 Å². The number of ether oxygens (including phenoxy) is 1. The minimum Gasteiger partial charge on any atom is -0.491 e. The van der Waals surface area contributed by atoms with Crippen molar-refractivity contribution in [2.24, 2.45) is 0 Å². The summed E-state index contributed by atoms with van der Waals surface area (Å²) >= 11 is 0. The van der Waals surface area contributed by atoms with Gasteiger partial charge in [-0.25, -0.2) is 0 Å². The highest BCUT2D eigenvalue weighted by Gasteiger charge is 2.21. The Morgan fingerprint density at radius 1 is 1.32 bits per heavy atom. The summed E-state index contributed by atoms with van der Waals surface area (Å²) < 4.78 is 5.79. The van der Waals surface area contributed by atoms with Gasteiger partial charge < -0.3 is 15.4 Å². The minimum absolute atomic E-state index is 0.179. The molecular formula is C16H26N2O. The summed E-state index contributed by atoms with van der Waals surface area (Å²) in [4.78, 5) is 2.49. The van der Waals surface area contributed by atoms with E-state index in [-0.39, 0.29) is 6.10 Å². The summed E-state index contributed by atoms with van der Waals surface area (Å²) in [6, 6.07) is 6.75. The van der Waals surface area contributed by atoms with Gasteiger partial charge in [0.15, 0.2) is 0 Å². The maximum atomic E-state index is 6.02. The van der Waals surface area contributed by atoms with E-state index in [4.69, 9.17) is 10.5 Å². The van der Waals surface area contributed by atoms with Gasteiger partial charge in [0.05, 0.1) is 6.10 Å². The molecule has 0 radical (unpaired) electrons. The van der Waals surface area contributed by atoms with Crippen LogP contribution >= 0.6 is 0 Å². The summed E-state index contributed by atoms with van der Waals surface area (Å²) in [6.45, 7) is 7.47. The summed E-state index contributed by atoms with van der Waals surface area (Å²) in [6.07, 6.45) is 5.26. The van der Waals surface area contributed by atoms with Gasteiger partial charge >= 0.3 is 0 Å². The van der Waals surface area contributed by atoms with Crippen molar-refractivity contribution in [2.45, 2.75) is 58.6 Å². The van der Waals surface area contributed by atoms with Crippen molar-refractivity contribution >= 4 is 11.4 Å². The summed E-state index contributed by atoms with van der Waals surface area (Å²) in [5.41, 5.74) is 8.02. The fourth-order valence-electron chi connectivity index (χ4n) is 2.88. The Morgan fingerprint density at radius 2 is 2.11 bits per heavy atom. The fourth-order valence-corrected chi connectivity index (χ4v) is 2.88. The normalized spacial score (nSPS) is 19.8. The number of benzene rings is 1. The van der Waals surface area contributed by atoms with Crippen LogP contribution < -0.4 is 15.4 Å². The van der Waals surface area contributed by atoms with Gasteiger partial charge in [-0.05, 0) is 45.6 Å². The van der Waals surface area contributed by atoms with E-state index in [1.807, 2.05) is 19.9 Å². The smallest absolute Gasteiger partial charge is 0.123 e. The van der Waals surface area contributed by atoms with Crippen LogP contribution in [0.1, 0.15) is 46.5 Å². The van der Waals surface area contributed by atoms with Crippen LogP contribution in [0.2, 0.25) is 0 Å². The molecule has 19 heavy (non-hydrogen) atoms. The zero-order valence-corrected chi connectivity index (χ0v) is 12.4. The monoisotopic (exact) mass is 262 g/mol. The Labute approximate surface area is 116 Å². The molecule has 1 unspecified atom stereocenters. The van der Waals surface area contributed by atoms with E-state index in [1.54, 1.807) is 0 Å². The second kappa shape index (κ2) is 6.18. The highest BCUT2D eigenvalue weighted by Crippen LogP contribution is 2.31. The molecule has 1 saturated heterocycles. The van der Waals surface area contributed by atoms with Crippen LogP contribution in [0.4, 0.5) is 11.4 Å². The van der Waals surface area contributed by atoms with Crippen LogP contribution in [0.5, 0.6) is 5.75 Å². The first-order valence-electron chi connectivity index (χ1n) is 7.44. The standard InChI is InChI=1S/C16H26N2O/c1-4-14-7-5-6-8-18(14)15-9-13(17)10-16(11-15)19-12(2)3/h9-12,14H,4-8,17H2,1-3H3. The number of nitrogens with zero attached hydrogens (tertiary/aromatic N) is 1. The molecule has 1 aromatic carbocycles. The van der Waals surface area contributed by atoms with Crippen molar-refractivity contribution in [3.05, 3.63) is 18.2 Å². The number of piperidine rings is 1. The first-order chi connectivity index (χ1) is 9.10. The number of anilines is 2. The van der Waals surface area contributed by atoms with Crippen molar-refractivity contribution in [3.63, 3.8) is 0 Å². The van der Waals surface area contributed by atoms with Gasteiger partial charge in [-0.15, -0.1) is 0 Å². The van der Waals surface area contributed by atoms with E-state index in [2.05, 4.69) is 24.0 Å². The summed E-state index contributed by atoms with van der Waals surface area (Å²) in [5.74, 6) is 0.880. The molecule has 0 saturated carbocycles. The summed E-state index contributed by atoms with van der Waals surface area (Å²) in [5, 5.41) is 0. The second-order valence-electron chi connectivity index (χ2n) is 5.68. The van der Waals surface area contributed by atoms with E-state index in [1.165, 1.54) is 31.4 Å². The molecule has 0 aromatic heterocycles. The molecule has 106 valence electrons. The Balaban J connectivity index is 2.24. The Hall–Kier alpha value is -1.38. The first kappa shape index (κ1) is 14.0. The lowest BCUT2D eigenvalue weighted by Crippen LogP contribution is -2.39. The Bertz CT molecular complexity index is 417. The topological polar surface area (TPSA) is 38.5 Å². The molecule has 1 aliphatic heterocycles. The van der Waals surface area contributed by atoms with Crippen molar-refractivity contribution < 1.29 is 4.74 Å². The fraction of sp³-hybridized carbons (Fsp3) is 0.625. The lowest BCUT2D eigenvalue weighted by molar-refractivity contribution is 0.242. The molecule has 1 aliphatic rings. The predicted octanol–water partition coefficient (Wildman–Crippen LogP) is 3.82. The third kappa shape index (κ3) is 3.55. The molecule has 1 fully saturated rings. The molecule has 0 aliphatic carbocycles. The van der Waals surface area contributed by atoms with Crippen LogP contribution in [0.3, 0.4) is 0 Å². The van der Waals surface area contributed by atoms with Crippen LogP contribution in [0, 0.1) is 0 Å². The zero-order valence-electron chi connectivity index (χ0n) is 12.4. The van der Waals surface area contributed by atoms with Gasteiger partial charge in [0, 0.05) is 36.1 Å². The highest BCUT2D eigenvalue weighted by molar-refractivity contribution is 5.61. The van der Waals surface area contributed by atoms with E-state index in [9.17, 15) is 0 Å². The van der Waals surface area contributed by atoms with E-state index in [0.29, 0.717) is 6.04 Å². The van der Waals surface area contributed by atoms with Crippen molar-refractivity contribution in [2.75, 3.05) is 17.2 Å². The highest BCUT2D eigenvalue weighted by atomic mass is 16.5. The molecular weight excluding hydrogens is 236 g/mol. The lowest BCUT2D eigenvalue weighted by atomic mass is 9.99. The SMILES string of the molecule is CCC1CCCCN1c1cc(N)cc(OC(C)C)c1. The molecule has 0 spiro atoms. The van der Waals surface area contributed by atoms with Gasteiger partial charge in [-0.1, -0.05) is 6.92 Å². The number of nitrogens with two attached hydrogens (primary N) is 1. The van der Waals surface area contributed by atoms with Crippen LogP contribution in [0.15, 0.2) is 18.2 Å². The molecule has 0 amide bonds. The average Bonchev–Trinajstić information content (AvgIpc) is 2.37. The van der Waals surface area contributed by atoms with Gasteiger partial charge in [-0.3, -0.25) is 0 Å². The number of nitrogen functional groups attached to an aromatic ring is 1. The summed E-state index contributed by atoms with van der Waals surface area (Å²) in [7, 11) is 0. The molecule has 0 bridgehead atoms. The van der Waals surface area contributed by atoms with Crippen LogP contribution in [-0.2, 0) is 0 Å². The largest absolute Gasteiger partial charge is 0.491 e. The van der Waals surface area contributed by atoms with Crippen molar-refractivity contribution in [1.82, 2.24) is 0 Å². The van der Waals surface area contributed by atoms with E-state index >= 15 is 0 Å². The Kier molecular flexibility index (Phi) is 4.56. The number of hydrogen-bond acceptors (Lipinski definition) is 3. The zero-order chi connectivity index (χ0) is 13.8. The molecule has 2 rings (SSSR count). The Morgan fingerprint density at radius 3 is 2.79 bits per heavy atom. The quantitative estimate of drug-likeness (QED) is 0.838. The maximum Gasteiger partial charge on any atom is 0.123 e. The second-order valence-corrected chi connectivity index (χ2v) is 5.68. The van der Waals surface area contributed by atoms with Gasteiger partial charge in [-0.2, -0.15) is 0 Å². The van der Waals surface area contributed by atoms with Crippen molar-refractivity contribution in [3.8, 4) is 5.75 Å². The molecule has 1 aromatic rings. The molecule has 1 atom stereocenters. The molecule has 3 nitrogen and oxygen atoms in total. The van der Waals surface area contributed by atoms with Gasteiger partial charge in [0.25, 0.3) is 0 Å². The maximum absolute atomic E-state index is 6.02. The third-order valence-corrected chi connectivity index (χ3v) is 3.72. The minimum atomic E-state index is 0.179. The average molecular weight is 262 g/mol. The molecule has 2 N–H and O–H groups in total. The number of hydrogen-bond donors (Lipinski definition) is 1. The lowest BCUT2D eigenvalue weighted by Gasteiger charge is -2.37. The van der Waals surface area contributed by atoms with E-state index < -0.39 is 0 Å². The number of rotatable bonds is 4. The van der Waals surface area contributed by atoms with Crippen LogP contribution in [0.25, 0.3) is 0 Å². The first-order valence-corrected chi connectivity index (χ1v) is 7.44.